The van der Waals surface area contributed by atoms with Gasteiger partial charge in [-0.15, -0.1) is 12.3 Å². The molecule has 2 N–H and O–H groups in total. The molecule has 0 heterocycles. The van der Waals surface area contributed by atoms with Crippen LogP contribution >= 0.6 is 0 Å². The van der Waals surface area contributed by atoms with E-state index in [4.69, 9.17) is 16.9 Å². The molecule has 1 unspecified atom stereocenters. The van der Waals surface area contributed by atoms with Gasteiger partial charge in [0.05, 0.1) is 12.1 Å². The van der Waals surface area contributed by atoms with Gasteiger partial charge in [0.2, 0.25) is 0 Å². The van der Waals surface area contributed by atoms with Crippen LogP contribution in [0.4, 0.5) is 0 Å². The van der Waals surface area contributed by atoms with Crippen molar-refractivity contribution in [1.82, 2.24) is 0 Å². The molecule has 68 valence electrons. The van der Waals surface area contributed by atoms with Gasteiger partial charge in [-0.25, -0.2) is 0 Å². The summed E-state index contributed by atoms with van der Waals surface area (Å²) < 4.78 is 5.07. The van der Waals surface area contributed by atoms with Gasteiger partial charge in [-0.05, 0) is 13.8 Å². The van der Waals surface area contributed by atoms with Crippen LogP contribution < -0.4 is 5.73 Å². The molecule has 3 nitrogen and oxygen atoms in total. The van der Waals surface area contributed by atoms with Gasteiger partial charge in [0, 0.05) is 6.42 Å². The lowest BCUT2D eigenvalue weighted by Gasteiger charge is -2.09. The Labute approximate surface area is 73.3 Å². The largest absolute Gasteiger partial charge is 0.371 e. The lowest BCUT2D eigenvalue weighted by Crippen LogP contribution is -2.33. The van der Waals surface area contributed by atoms with E-state index in [-0.39, 0.29) is 24.9 Å². The van der Waals surface area contributed by atoms with Crippen LogP contribution in [0, 0.1) is 12.3 Å². The molecule has 0 saturated carbocycles. The van der Waals surface area contributed by atoms with E-state index in [2.05, 4.69) is 5.92 Å². The molecule has 0 bridgehead atoms. The number of carbonyl (C=O) groups excluding carboxylic acids is 1. The smallest absolute Gasteiger partial charge is 0.176 e. The third-order valence-electron chi connectivity index (χ3n) is 1.31. The van der Waals surface area contributed by atoms with E-state index in [1.807, 2.05) is 13.8 Å². The second-order valence-electron chi connectivity index (χ2n) is 2.84. The Morgan fingerprint density at radius 3 is 2.67 bits per heavy atom. The molecule has 0 aliphatic carbocycles. The number of Topliss-reactive ketones (excluding diaryl/α,β-unsaturated/α-hetero) is 1. The van der Waals surface area contributed by atoms with Gasteiger partial charge in [0.25, 0.3) is 0 Å². The average Bonchev–Trinajstić information content (AvgIpc) is 2.00. The molecular formula is C9H15NO2. The third kappa shape index (κ3) is 4.89. The van der Waals surface area contributed by atoms with Crippen molar-refractivity contribution in [3.63, 3.8) is 0 Å². The molecule has 0 fully saturated rings. The summed E-state index contributed by atoms with van der Waals surface area (Å²) in [4.78, 5) is 11.1. The molecule has 0 aromatic rings. The van der Waals surface area contributed by atoms with Crippen LogP contribution in [0.15, 0.2) is 0 Å². The van der Waals surface area contributed by atoms with E-state index in [0.717, 1.165) is 0 Å². The van der Waals surface area contributed by atoms with E-state index in [1.165, 1.54) is 0 Å². The van der Waals surface area contributed by atoms with Gasteiger partial charge in [0.15, 0.2) is 5.78 Å². The fourth-order valence-electron chi connectivity index (χ4n) is 0.597. The Morgan fingerprint density at radius 2 is 2.25 bits per heavy atom. The van der Waals surface area contributed by atoms with Crippen molar-refractivity contribution in [2.45, 2.75) is 32.4 Å². The van der Waals surface area contributed by atoms with Crippen molar-refractivity contribution in [2.75, 3.05) is 6.61 Å². The van der Waals surface area contributed by atoms with Gasteiger partial charge in [-0.1, -0.05) is 0 Å². The van der Waals surface area contributed by atoms with Gasteiger partial charge in [-0.3, -0.25) is 4.79 Å². The molecule has 0 rings (SSSR count). The summed E-state index contributed by atoms with van der Waals surface area (Å²) in [7, 11) is 0. The molecule has 0 spiro atoms. The number of ketones is 1. The van der Waals surface area contributed by atoms with Crippen molar-refractivity contribution < 1.29 is 9.53 Å². The Balaban J connectivity index is 3.66. The standard InChI is InChI=1S/C9H15NO2/c1-4-5-8(10)9(11)6-12-7(2)3/h1,7-8H,5-6,10H2,2-3H3. The maximum Gasteiger partial charge on any atom is 0.176 e. The van der Waals surface area contributed by atoms with Crippen LogP contribution in [-0.2, 0) is 9.53 Å². The topological polar surface area (TPSA) is 52.3 Å². The van der Waals surface area contributed by atoms with Crippen LogP contribution in [0.25, 0.3) is 0 Å². The highest BCUT2D eigenvalue weighted by molar-refractivity contribution is 5.85. The maximum atomic E-state index is 11.1. The van der Waals surface area contributed by atoms with Crippen molar-refractivity contribution in [1.29, 1.82) is 0 Å². The summed E-state index contributed by atoms with van der Waals surface area (Å²) in [5.41, 5.74) is 5.44. The summed E-state index contributed by atoms with van der Waals surface area (Å²) >= 11 is 0. The van der Waals surface area contributed by atoms with E-state index < -0.39 is 6.04 Å². The number of nitrogens with two attached hydrogens (primary N) is 1. The molecule has 0 radical (unpaired) electrons. The maximum absolute atomic E-state index is 11.1. The summed E-state index contributed by atoms with van der Waals surface area (Å²) in [6.07, 6.45) is 5.33. The minimum absolute atomic E-state index is 0.0481. The zero-order valence-corrected chi connectivity index (χ0v) is 7.54. The number of carbonyl (C=O) groups is 1. The van der Waals surface area contributed by atoms with Crippen molar-refractivity contribution in [2.24, 2.45) is 5.73 Å². The minimum atomic E-state index is -0.575. The van der Waals surface area contributed by atoms with E-state index >= 15 is 0 Å². The highest BCUT2D eigenvalue weighted by atomic mass is 16.5. The first-order valence-electron chi connectivity index (χ1n) is 3.91. The van der Waals surface area contributed by atoms with E-state index in [9.17, 15) is 4.79 Å². The zero-order chi connectivity index (χ0) is 9.56. The predicted molar refractivity (Wildman–Crippen MR) is 47.5 cm³/mol. The minimum Gasteiger partial charge on any atom is -0.371 e. The second kappa shape index (κ2) is 5.76. The molecule has 1 atom stereocenters. The summed E-state index contributed by atoms with van der Waals surface area (Å²) in [5, 5.41) is 0. The fourth-order valence-corrected chi connectivity index (χ4v) is 0.597. The summed E-state index contributed by atoms with van der Waals surface area (Å²) in [5.74, 6) is 2.20. The Morgan fingerprint density at radius 1 is 1.67 bits per heavy atom. The van der Waals surface area contributed by atoms with E-state index in [0.29, 0.717) is 0 Å². The van der Waals surface area contributed by atoms with Crippen LogP contribution in [0.1, 0.15) is 20.3 Å². The van der Waals surface area contributed by atoms with Crippen molar-refractivity contribution in [3.05, 3.63) is 0 Å². The molecule has 0 saturated heterocycles. The Kier molecular flexibility index (Phi) is 5.35. The lowest BCUT2D eigenvalue weighted by atomic mass is 10.1. The molecular weight excluding hydrogens is 154 g/mol. The van der Waals surface area contributed by atoms with Crippen LogP contribution in [-0.4, -0.2) is 24.5 Å². The lowest BCUT2D eigenvalue weighted by molar-refractivity contribution is -0.126. The monoisotopic (exact) mass is 169 g/mol. The van der Waals surface area contributed by atoms with Crippen molar-refractivity contribution >= 4 is 5.78 Å². The first kappa shape index (κ1) is 11.2. The molecule has 3 heteroatoms. The van der Waals surface area contributed by atoms with Gasteiger partial charge in [-0.2, -0.15) is 0 Å². The van der Waals surface area contributed by atoms with Crippen LogP contribution in [0.3, 0.4) is 0 Å². The first-order chi connectivity index (χ1) is 5.57. The highest BCUT2D eigenvalue weighted by Crippen LogP contribution is 1.93. The van der Waals surface area contributed by atoms with Gasteiger partial charge in [0.1, 0.15) is 6.61 Å². The number of terminal acetylenes is 1. The Hall–Kier alpha value is -0.850. The molecule has 0 amide bonds. The normalized spacial score (nSPS) is 12.6. The van der Waals surface area contributed by atoms with Crippen molar-refractivity contribution in [3.8, 4) is 12.3 Å². The summed E-state index contributed by atoms with van der Waals surface area (Å²) in [6.45, 7) is 3.78. The van der Waals surface area contributed by atoms with Crippen LogP contribution in [0.5, 0.6) is 0 Å². The molecule has 12 heavy (non-hydrogen) atoms. The Bertz CT molecular complexity index is 181. The summed E-state index contributed by atoms with van der Waals surface area (Å²) in [6, 6.07) is -0.575. The average molecular weight is 169 g/mol. The zero-order valence-electron chi connectivity index (χ0n) is 7.54. The SMILES string of the molecule is C#CCC(N)C(=O)COC(C)C. The number of hydrogen-bond donors (Lipinski definition) is 1. The van der Waals surface area contributed by atoms with Gasteiger partial charge >= 0.3 is 0 Å². The highest BCUT2D eigenvalue weighted by Gasteiger charge is 2.12. The number of ether oxygens (including phenoxy) is 1. The van der Waals surface area contributed by atoms with E-state index in [1.54, 1.807) is 0 Å². The second-order valence-corrected chi connectivity index (χ2v) is 2.84. The molecule has 0 aliphatic rings. The van der Waals surface area contributed by atoms with Gasteiger partial charge < -0.3 is 10.5 Å². The van der Waals surface area contributed by atoms with Crippen LogP contribution in [0.2, 0.25) is 0 Å². The number of hydrogen-bond acceptors (Lipinski definition) is 3. The third-order valence-corrected chi connectivity index (χ3v) is 1.31. The molecule has 0 aromatic carbocycles. The number of rotatable bonds is 5. The quantitative estimate of drug-likeness (QED) is 0.603. The first-order valence-corrected chi connectivity index (χ1v) is 3.91. The molecule has 0 aliphatic heterocycles. The predicted octanol–water partition coefficient (Wildman–Crippen LogP) is 0.331. The molecule has 0 aromatic heterocycles. The fraction of sp³-hybridized carbons (Fsp3) is 0.667.